The van der Waals surface area contributed by atoms with Gasteiger partial charge in [0.15, 0.2) is 0 Å². The van der Waals surface area contributed by atoms with Crippen molar-refractivity contribution >= 4 is 43.5 Å². The highest BCUT2D eigenvalue weighted by atomic mass is 32.2. The SMILES string of the molecule is Cc1ccc(S(=O)(=O)Oc2c([N+](=O)[O-])ccc3c(NS(=O)[O-])cccc23)cc1. The molecule has 3 aromatic carbocycles. The van der Waals surface area contributed by atoms with Crippen LogP contribution in [0.2, 0.25) is 0 Å². The summed E-state index contributed by atoms with van der Waals surface area (Å²) in [4.78, 5) is 10.5. The van der Waals surface area contributed by atoms with Gasteiger partial charge in [0.2, 0.25) is 5.75 Å². The predicted molar refractivity (Wildman–Crippen MR) is 102 cm³/mol. The molecular weight excluding hydrogens is 408 g/mol. The number of anilines is 1. The fourth-order valence-electron chi connectivity index (χ4n) is 2.59. The minimum absolute atomic E-state index is 0.0698. The summed E-state index contributed by atoms with van der Waals surface area (Å²) in [7, 11) is -4.36. The average molecular weight is 421 g/mol. The number of nitrogens with zero attached hydrogens (tertiary/aromatic N) is 1. The zero-order valence-corrected chi connectivity index (χ0v) is 16.0. The standard InChI is InChI=1S/C17H14N2O7S2/c1-11-5-7-12(8-6-11)28(24,25)26-17-14-3-2-4-15(18-27(22)23)13(14)9-10-16(17)19(20)21/h2-10,18H,1H3,(H,22,23)/p-1. The first-order valence-electron chi connectivity index (χ1n) is 7.76. The Morgan fingerprint density at radius 2 is 1.71 bits per heavy atom. The third-order valence-electron chi connectivity index (χ3n) is 3.88. The van der Waals surface area contributed by atoms with Crippen molar-refractivity contribution in [2.24, 2.45) is 0 Å². The summed E-state index contributed by atoms with van der Waals surface area (Å²) in [5, 5.41) is 11.7. The van der Waals surface area contributed by atoms with Gasteiger partial charge in [0, 0.05) is 28.1 Å². The van der Waals surface area contributed by atoms with E-state index in [2.05, 4.69) is 4.72 Å². The molecule has 146 valence electrons. The first kappa shape index (κ1) is 19.7. The largest absolute Gasteiger partial charge is 0.755 e. The van der Waals surface area contributed by atoms with Gasteiger partial charge in [-0.3, -0.25) is 14.3 Å². The lowest BCUT2D eigenvalue weighted by molar-refractivity contribution is -0.385. The average Bonchev–Trinajstić information content (AvgIpc) is 2.62. The molecule has 0 aliphatic rings. The van der Waals surface area contributed by atoms with Crippen LogP contribution in [0.3, 0.4) is 0 Å². The van der Waals surface area contributed by atoms with Gasteiger partial charge in [0.1, 0.15) is 4.90 Å². The summed E-state index contributed by atoms with van der Waals surface area (Å²) >= 11 is -2.64. The maximum Gasteiger partial charge on any atom is 0.339 e. The van der Waals surface area contributed by atoms with Gasteiger partial charge in [0.25, 0.3) is 0 Å². The Hall–Kier alpha value is -3.02. The molecule has 0 amide bonds. The molecule has 1 atom stereocenters. The van der Waals surface area contributed by atoms with Crippen LogP contribution >= 0.6 is 0 Å². The Morgan fingerprint density at radius 1 is 1.04 bits per heavy atom. The topological polar surface area (TPSA) is 139 Å². The zero-order chi connectivity index (χ0) is 20.5. The summed E-state index contributed by atoms with van der Waals surface area (Å²) < 4.78 is 54.5. The van der Waals surface area contributed by atoms with Crippen molar-refractivity contribution in [1.82, 2.24) is 0 Å². The molecule has 0 aliphatic heterocycles. The number of benzene rings is 3. The van der Waals surface area contributed by atoms with Crippen LogP contribution in [0.5, 0.6) is 5.75 Å². The molecule has 0 heterocycles. The second kappa shape index (κ2) is 7.54. The Bertz CT molecular complexity index is 1190. The van der Waals surface area contributed by atoms with Gasteiger partial charge >= 0.3 is 15.8 Å². The number of fused-ring (bicyclic) bond motifs is 1. The van der Waals surface area contributed by atoms with Crippen molar-refractivity contribution in [1.29, 1.82) is 0 Å². The maximum atomic E-state index is 12.6. The van der Waals surface area contributed by atoms with Gasteiger partial charge in [-0.1, -0.05) is 29.8 Å². The Kier molecular flexibility index (Phi) is 5.31. The highest BCUT2D eigenvalue weighted by Gasteiger charge is 2.26. The van der Waals surface area contributed by atoms with E-state index in [1.165, 1.54) is 36.4 Å². The van der Waals surface area contributed by atoms with E-state index in [1.54, 1.807) is 19.1 Å². The summed E-state index contributed by atoms with van der Waals surface area (Å²) in [5.74, 6) is -0.497. The van der Waals surface area contributed by atoms with Crippen LogP contribution in [0.1, 0.15) is 5.56 Å². The smallest absolute Gasteiger partial charge is 0.339 e. The second-order valence-corrected chi connectivity index (χ2v) is 7.98. The molecule has 0 saturated heterocycles. The number of rotatable bonds is 6. The molecule has 0 aromatic heterocycles. The molecule has 0 radical (unpaired) electrons. The lowest BCUT2D eigenvalue weighted by Gasteiger charge is -2.14. The third-order valence-corrected chi connectivity index (χ3v) is 5.51. The van der Waals surface area contributed by atoms with Gasteiger partial charge in [-0.25, -0.2) is 0 Å². The van der Waals surface area contributed by atoms with E-state index in [1.807, 2.05) is 0 Å². The van der Waals surface area contributed by atoms with Crippen LogP contribution in [0.15, 0.2) is 59.5 Å². The van der Waals surface area contributed by atoms with Gasteiger partial charge in [0.05, 0.1) is 10.6 Å². The van der Waals surface area contributed by atoms with Crippen LogP contribution < -0.4 is 8.91 Å². The Balaban J connectivity index is 2.20. The fraction of sp³-hybridized carbons (Fsp3) is 0.0588. The number of nitro benzene ring substituents is 1. The lowest BCUT2D eigenvalue weighted by atomic mass is 10.1. The van der Waals surface area contributed by atoms with Crippen molar-refractivity contribution in [3.05, 3.63) is 70.3 Å². The van der Waals surface area contributed by atoms with Gasteiger partial charge in [-0.05, 0) is 31.2 Å². The fourth-order valence-corrected chi connectivity index (χ4v) is 3.91. The quantitative estimate of drug-likeness (QED) is 0.279. The van der Waals surface area contributed by atoms with Crippen molar-refractivity contribution < 1.29 is 26.3 Å². The van der Waals surface area contributed by atoms with E-state index in [4.69, 9.17) is 4.18 Å². The molecule has 3 rings (SSSR count). The first-order valence-corrected chi connectivity index (χ1v) is 10.2. The van der Waals surface area contributed by atoms with Gasteiger partial charge in [-0.2, -0.15) is 8.42 Å². The molecule has 11 heteroatoms. The Morgan fingerprint density at radius 3 is 2.32 bits per heavy atom. The van der Waals surface area contributed by atoms with Gasteiger partial charge < -0.3 is 13.5 Å². The van der Waals surface area contributed by atoms with E-state index in [-0.39, 0.29) is 21.4 Å². The Labute approximate surface area is 162 Å². The summed E-state index contributed by atoms with van der Waals surface area (Å²) in [5.41, 5.74) is 0.387. The molecule has 1 N–H and O–H groups in total. The second-order valence-electron chi connectivity index (χ2n) is 5.76. The highest BCUT2D eigenvalue weighted by molar-refractivity contribution is 7.87. The van der Waals surface area contributed by atoms with Crippen molar-refractivity contribution in [3.63, 3.8) is 0 Å². The molecule has 0 saturated carbocycles. The number of hydrogen-bond acceptors (Lipinski definition) is 7. The molecule has 0 fully saturated rings. The van der Waals surface area contributed by atoms with E-state index < -0.39 is 37.7 Å². The summed E-state index contributed by atoms with van der Waals surface area (Å²) in [6.45, 7) is 1.78. The minimum atomic E-state index is -4.36. The molecule has 0 bridgehead atoms. The highest BCUT2D eigenvalue weighted by Crippen LogP contribution is 2.39. The van der Waals surface area contributed by atoms with E-state index in [0.717, 1.165) is 11.6 Å². The first-order chi connectivity index (χ1) is 13.2. The number of aryl methyl sites for hydroxylation is 1. The summed E-state index contributed by atoms with van der Waals surface area (Å²) in [6, 6.07) is 12.4. The number of nitrogens with one attached hydrogen (secondary N) is 1. The van der Waals surface area contributed by atoms with E-state index in [0.29, 0.717) is 0 Å². The van der Waals surface area contributed by atoms with Crippen molar-refractivity contribution in [3.8, 4) is 5.75 Å². The molecule has 0 spiro atoms. The normalized spacial score (nSPS) is 12.5. The monoisotopic (exact) mass is 421 g/mol. The molecular formula is C17H13N2O7S2-. The lowest BCUT2D eigenvalue weighted by Crippen LogP contribution is -2.11. The number of hydrogen-bond donors (Lipinski definition) is 1. The van der Waals surface area contributed by atoms with Crippen LogP contribution in [0, 0.1) is 17.0 Å². The van der Waals surface area contributed by atoms with Crippen LogP contribution in [-0.4, -0.2) is 22.1 Å². The minimum Gasteiger partial charge on any atom is -0.755 e. The molecule has 9 nitrogen and oxygen atoms in total. The molecule has 28 heavy (non-hydrogen) atoms. The van der Waals surface area contributed by atoms with Gasteiger partial charge in [-0.15, -0.1) is 0 Å². The predicted octanol–water partition coefficient (Wildman–Crippen LogP) is 3.03. The van der Waals surface area contributed by atoms with Crippen molar-refractivity contribution in [2.75, 3.05) is 4.72 Å². The van der Waals surface area contributed by atoms with Crippen molar-refractivity contribution in [2.45, 2.75) is 11.8 Å². The maximum absolute atomic E-state index is 12.6. The van der Waals surface area contributed by atoms with E-state index in [9.17, 15) is 27.3 Å². The van der Waals surface area contributed by atoms with Crippen LogP contribution in [0.25, 0.3) is 10.8 Å². The number of nitro groups is 1. The van der Waals surface area contributed by atoms with Crippen LogP contribution in [-0.2, 0) is 21.4 Å². The molecule has 3 aromatic rings. The van der Waals surface area contributed by atoms with Crippen LogP contribution in [0.4, 0.5) is 11.4 Å². The third kappa shape index (κ3) is 3.96. The zero-order valence-electron chi connectivity index (χ0n) is 14.3. The molecule has 0 aliphatic carbocycles. The molecule has 1 unspecified atom stereocenters. The summed E-state index contributed by atoms with van der Waals surface area (Å²) in [6.07, 6.45) is 0. The van der Waals surface area contributed by atoms with E-state index >= 15 is 0 Å².